The van der Waals surface area contributed by atoms with Gasteiger partial charge in [0.15, 0.2) is 6.10 Å². The van der Waals surface area contributed by atoms with Crippen molar-refractivity contribution in [3.63, 3.8) is 0 Å². The summed E-state index contributed by atoms with van der Waals surface area (Å²) >= 11 is 1.37. The summed E-state index contributed by atoms with van der Waals surface area (Å²) in [6.07, 6.45) is -0.815. The van der Waals surface area contributed by atoms with Crippen LogP contribution in [0.1, 0.15) is 29.1 Å². The number of thiophene rings is 1. The number of hydrogen-bond donors (Lipinski definition) is 1. The van der Waals surface area contributed by atoms with Crippen molar-refractivity contribution in [3.8, 4) is 16.2 Å². The maximum Gasteiger partial charge on any atom is 0.349 e. The lowest BCUT2D eigenvalue weighted by Gasteiger charge is -2.16. The smallest absolute Gasteiger partial charge is 0.349 e. The van der Waals surface area contributed by atoms with Crippen LogP contribution >= 0.6 is 11.3 Å². The van der Waals surface area contributed by atoms with E-state index in [2.05, 4.69) is 5.32 Å². The highest BCUT2D eigenvalue weighted by molar-refractivity contribution is 7.17. The molecule has 23 heavy (non-hydrogen) atoms. The molecule has 2 aromatic rings. The third-order valence-electron chi connectivity index (χ3n) is 3.53. The van der Waals surface area contributed by atoms with Crippen molar-refractivity contribution in [1.82, 2.24) is 5.32 Å². The number of benzene rings is 1. The molecule has 3 rings (SSSR count). The van der Waals surface area contributed by atoms with E-state index in [4.69, 9.17) is 9.47 Å². The van der Waals surface area contributed by atoms with Gasteiger partial charge in [0.05, 0.1) is 0 Å². The number of likely N-dealkylation sites (N-methyl/N-ethyl adjacent to an activating group) is 1. The Kier molecular flexibility index (Phi) is 4.34. The zero-order valence-electron chi connectivity index (χ0n) is 12.9. The van der Waals surface area contributed by atoms with Crippen LogP contribution in [0.4, 0.5) is 0 Å². The van der Waals surface area contributed by atoms with Gasteiger partial charge in [0.2, 0.25) is 0 Å². The number of fused-ring (bicyclic) bond motifs is 3. The molecule has 2 heterocycles. The molecule has 1 aromatic carbocycles. The second-order valence-corrected chi connectivity index (χ2v) is 6.24. The van der Waals surface area contributed by atoms with Crippen LogP contribution in [0.2, 0.25) is 0 Å². The molecule has 1 aliphatic rings. The fourth-order valence-electron chi connectivity index (χ4n) is 2.39. The quantitative estimate of drug-likeness (QED) is 0.875. The number of para-hydroxylation sites is 1. The van der Waals surface area contributed by atoms with E-state index < -0.39 is 12.1 Å². The predicted octanol–water partition coefficient (Wildman–Crippen LogP) is 2.99. The summed E-state index contributed by atoms with van der Waals surface area (Å²) in [7, 11) is 0. The molecule has 1 aromatic heterocycles. The van der Waals surface area contributed by atoms with Gasteiger partial charge in [-0.05, 0) is 32.0 Å². The molecule has 1 atom stereocenters. The van der Waals surface area contributed by atoms with Gasteiger partial charge in [-0.1, -0.05) is 12.1 Å². The molecule has 6 heteroatoms. The minimum atomic E-state index is -0.815. The van der Waals surface area contributed by atoms with E-state index in [1.807, 2.05) is 31.2 Å². The van der Waals surface area contributed by atoms with Crippen molar-refractivity contribution in [1.29, 1.82) is 0 Å². The van der Waals surface area contributed by atoms with Crippen molar-refractivity contribution >= 4 is 23.2 Å². The zero-order chi connectivity index (χ0) is 16.4. The van der Waals surface area contributed by atoms with E-state index in [-0.39, 0.29) is 5.91 Å². The van der Waals surface area contributed by atoms with Crippen LogP contribution in [0.3, 0.4) is 0 Å². The highest BCUT2D eigenvalue weighted by atomic mass is 32.1. The largest absolute Gasteiger partial charge is 0.488 e. The van der Waals surface area contributed by atoms with E-state index in [0.29, 0.717) is 18.0 Å². The molecule has 0 radical (unpaired) electrons. The average Bonchev–Trinajstić information content (AvgIpc) is 2.99. The van der Waals surface area contributed by atoms with Crippen molar-refractivity contribution in [3.05, 3.63) is 40.8 Å². The van der Waals surface area contributed by atoms with Crippen LogP contribution in [0.5, 0.6) is 5.75 Å². The molecule has 0 bridgehead atoms. The molecule has 0 fully saturated rings. The number of hydrogen-bond acceptors (Lipinski definition) is 5. The molecule has 0 spiro atoms. The summed E-state index contributed by atoms with van der Waals surface area (Å²) in [5.74, 6) is 0.0361. The molecule has 1 aliphatic heterocycles. The maximum atomic E-state index is 12.3. The summed E-state index contributed by atoms with van der Waals surface area (Å²) in [6.45, 7) is 4.32. The fraction of sp³-hybridized carbons (Fsp3) is 0.294. The van der Waals surface area contributed by atoms with Gasteiger partial charge in [0.1, 0.15) is 17.2 Å². The third kappa shape index (κ3) is 3.07. The summed E-state index contributed by atoms with van der Waals surface area (Å²) in [5, 5.41) is 2.63. The topological polar surface area (TPSA) is 64.6 Å². The van der Waals surface area contributed by atoms with Crippen LogP contribution in [0.15, 0.2) is 30.3 Å². The Morgan fingerprint density at radius 2 is 2.17 bits per heavy atom. The third-order valence-corrected chi connectivity index (χ3v) is 4.72. The van der Waals surface area contributed by atoms with Crippen molar-refractivity contribution in [2.45, 2.75) is 26.6 Å². The lowest BCUT2D eigenvalue weighted by atomic mass is 10.1. The number of nitrogens with one attached hydrogen (secondary N) is 1. The van der Waals surface area contributed by atoms with Crippen molar-refractivity contribution in [2.75, 3.05) is 6.54 Å². The normalized spacial score (nSPS) is 13.3. The van der Waals surface area contributed by atoms with E-state index in [9.17, 15) is 9.59 Å². The van der Waals surface area contributed by atoms with E-state index >= 15 is 0 Å². The number of ether oxygens (including phenoxy) is 2. The highest BCUT2D eigenvalue weighted by Gasteiger charge is 2.25. The summed E-state index contributed by atoms with van der Waals surface area (Å²) < 4.78 is 10.9. The Morgan fingerprint density at radius 1 is 1.39 bits per heavy atom. The van der Waals surface area contributed by atoms with Gasteiger partial charge in [-0.15, -0.1) is 11.3 Å². The summed E-state index contributed by atoms with van der Waals surface area (Å²) in [5.41, 5.74) is 1.95. The fourth-order valence-corrected chi connectivity index (χ4v) is 3.47. The first-order valence-electron chi connectivity index (χ1n) is 7.43. The Morgan fingerprint density at radius 3 is 2.96 bits per heavy atom. The highest BCUT2D eigenvalue weighted by Crippen LogP contribution is 2.42. The average molecular weight is 331 g/mol. The monoisotopic (exact) mass is 331 g/mol. The maximum absolute atomic E-state index is 12.3. The molecular weight excluding hydrogens is 314 g/mol. The Balaban J connectivity index is 1.80. The van der Waals surface area contributed by atoms with Gasteiger partial charge in [0.25, 0.3) is 5.91 Å². The Labute approximate surface area is 138 Å². The molecule has 0 unspecified atom stereocenters. The SMILES string of the molecule is CCNC(=O)[C@H](C)OC(=O)c1cc2c(s1)-c1ccccc1OC2. The van der Waals surface area contributed by atoms with Gasteiger partial charge in [-0.25, -0.2) is 4.79 Å². The lowest BCUT2D eigenvalue weighted by Crippen LogP contribution is -2.35. The Hall–Kier alpha value is -2.34. The molecule has 0 saturated carbocycles. The molecule has 1 N–H and O–H groups in total. The first-order chi connectivity index (χ1) is 11.1. The van der Waals surface area contributed by atoms with Crippen molar-refractivity contribution < 1.29 is 19.1 Å². The van der Waals surface area contributed by atoms with E-state index in [1.54, 1.807) is 13.0 Å². The molecule has 0 aliphatic carbocycles. The van der Waals surface area contributed by atoms with Gasteiger partial charge in [-0.3, -0.25) is 4.79 Å². The minimum Gasteiger partial charge on any atom is -0.488 e. The molecule has 0 saturated heterocycles. The van der Waals surface area contributed by atoms with Gasteiger partial charge in [0, 0.05) is 22.5 Å². The molecule has 1 amide bonds. The predicted molar refractivity (Wildman–Crippen MR) is 87.6 cm³/mol. The van der Waals surface area contributed by atoms with Crippen LogP contribution in [-0.2, 0) is 16.1 Å². The molecular formula is C17H17NO4S. The lowest BCUT2D eigenvalue weighted by molar-refractivity contribution is -0.128. The number of rotatable bonds is 4. The molecule has 120 valence electrons. The minimum absolute atomic E-state index is 0.296. The van der Waals surface area contributed by atoms with Crippen LogP contribution in [0.25, 0.3) is 10.4 Å². The number of carbonyl (C=O) groups excluding carboxylic acids is 2. The van der Waals surface area contributed by atoms with Crippen molar-refractivity contribution in [2.24, 2.45) is 0 Å². The van der Waals surface area contributed by atoms with Gasteiger partial charge in [-0.2, -0.15) is 0 Å². The number of esters is 1. The van der Waals surface area contributed by atoms with E-state index in [0.717, 1.165) is 21.8 Å². The van der Waals surface area contributed by atoms with Gasteiger partial charge >= 0.3 is 5.97 Å². The van der Waals surface area contributed by atoms with E-state index in [1.165, 1.54) is 11.3 Å². The zero-order valence-corrected chi connectivity index (χ0v) is 13.7. The summed E-state index contributed by atoms with van der Waals surface area (Å²) in [4.78, 5) is 25.4. The summed E-state index contributed by atoms with van der Waals surface area (Å²) in [6, 6.07) is 9.51. The second kappa shape index (κ2) is 6.42. The Bertz CT molecular complexity index is 753. The van der Waals surface area contributed by atoms with Crippen LogP contribution in [0, 0.1) is 0 Å². The van der Waals surface area contributed by atoms with Crippen LogP contribution < -0.4 is 10.1 Å². The first kappa shape index (κ1) is 15.6. The second-order valence-electron chi connectivity index (χ2n) is 5.19. The number of carbonyl (C=O) groups is 2. The number of amides is 1. The van der Waals surface area contributed by atoms with Gasteiger partial charge < -0.3 is 14.8 Å². The standard InChI is InChI=1S/C17H17NO4S/c1-3-18-16(19)10(2)22-17(20)14-8-11-9-21-13-7-5-4-6-12(13)15(11)23-14/h4-8,10H,3,9H2,1-2H3,(H,18,19)/t10-/m0/s1. The molecule has 5 nitrogen and oxygen atoms in total. The van der Waals surface area contributed by atoms with Crippen LogP contribution in [-0.4, -0.2) is 24.5 Å². The first-order valence-corrected chi connectivity index (χ1v) is 8.25.